The van der Waals surface area contributed by atoms with Crippen molar-refractivity contribution in [2.45, 2.75) is 113 Å². The minimum absolute atomic E-state index is 0.185. The summed E-state index contributed by atoms with van der Waals surface area (Å²) in [6.07, 6.45) is 14.0. The molecule has 0 fully saturated rings. The third-order valence-electron chi connectivity index (χ3n) is 7.32. The summed E-state index contributed by atoms with van der Waals surface area (Å²) in [6.45, 7) is 4.24. The maximum atomic E-state index is 10.5. The second kappa shape index (κ2) is 30.0. The Labute approximate surface area is 291 Å². The van der Waals surface area contributed by atoms with E-state index < -0.39 is 45.0 Å². The van der Waals surface area contributed by atoms with Gasteiger partial charge in [0.15, 0.2) is 0 Å². The number of benzene rings is 2. The Balaban J connectivity index is 0.000000675. The minimum atomic E-state index is -1.48. The van der Waals surface area contributed by atoms with Gasteiger partial charge in [0.1, 0.15) is 0 Å². The van der Waals surface area contributed by atoms with Crippen LogP contribution in [0.4, 0.5) is 0 Å². The maximum absolute atomic E-state index is 10.5. The number of carbonyl (C=O) groups is 4. The van der Waals surface area contributed by atoms with Gasteiger partial charge in [-0.15, -0.1) is 0 Å². The van der Waals surface area contributed by atoms with Gasteiger partial charge in [0, 0.05) is 0 Å². The fraction of sp³-hybridized carbons (Fsp3) is 0.474. The first kappa shape index (κ1) is 43.6. The number of carbonyl (C=O) groups excluding carboxylic acids is 4. The van der Waals surface area contributed by atoms with Gasteiger partial charge in [0.25, 0.3) is 0 Å². The molecule has 2 aromatic rings. The molecule has 0 unspecified atom stereocenters. The SMILES string of the molecule is CCCCCCCC/C(=C/C(=O)[O-])C(=O)[O-].CCCCCCCC/C(=C/C(=O)[O-])C(=O)[O-].c1ccc([CH2][SnH2+4][CH2]c2ccccc2)cc1. The van der Waals surface area contributed by atoms with Gasteiger partial charge in [0.05, 0.1) is 23.9 Å². The van der Waals surface area contributed by atoms with Crippen molar-refractivity contribution in [3.8, 4) is 0 Å². The standard InChI is InChI=1S/2C12H20O4.2C7H7.Sn.2H/c2*1-2-3-4-5-6-7-8-10(12(15)16)9-11(13)14;2*1-7-5-3-2-4-6-7;;;/h2*9H,2-8H2,1H3,(H,13,14)(H,15,16);2*2-6H,1H2;;;/q;;;;+4;;/p-4/b2*10-9-;;;;;. The molecule has 0 aliphatic rings. The molecule has 4 radical (unpaired) electrons. The molecule has 0 bridgehead atoms. The van der Waals surface area contributed by atoms with Crippen molar-refractivity contribution in [2.75, 3.05) is 0 Å². The molecule has 0 amide bonds. The number of rotatable bonds is 22. The second-order valence-corrected chi connectivity index (χ2v) is 16.3. The van der Waals surface area contributed by atoms with Crippen molar-refractivity contribution in [3.05, 3.63) is 95.1 Å². The van der Waals surface area contributed by atoms with Crippen LogP contribution in [0.5, 0.6) is 0 Å². The van der Waals surface area contributed by atoms with Gasteiger partial charge >= 0.3 is 102 Å². The zero-order valence-corrected chi connectivity index (χ0v) is 32.3. The number of hydrogen-bond acceptors (Lipinski definition) is 8. The van der Waals surface area contributed by atoms with Crippen LogP contribution < -0.4 is 20.4 Å². The molecule has 0 heterocycles. The Morgan fingerprint density at radius 3 is 1.13 bits per heavy atom. The number of carboxylic acid groups (broad SMARTS) is 4. The average Bonchev–Trinajstić information content (AvgIpc) is 3.04. The predicted octanol–water partition coefficient (Wildman–Crippen LogP) is 2.88. The topological polar surface area (TPSA) is 161 Å². The molecular weight excluding hydrogens is 703 g/mol. The third kappa shape index (κ3) is 27.4. The van der Waals surface area contributed by atoms with Crippen molar-refractivity contribution in [2.24, 2.45) is 0 Å². The Kier molecular flexibility index (Phi) is 27.8. The van der Waals surface area contributed by atoms with E-state index in [2.05, 4.69) is 74.5 Å². The molecule has 0 aliphatic heterocycles. The number of carboxylic acids is 4. The van der Waals surface area contributed by atoms with Gasteiger partial charge < -0.3 is 39.6 Å². The Morgan fingerprint density at radius 2 is 0.830 bits per heavy atom. The molecule has 0 aliphatic carbocycles. The molecule has 0 saturated heterocycles. The quantitative estimate of drug-likeness (QED) is 0.101. The van der Waals surface area contributed by atoms with Crippen molar-refractivity contribution < 1.29 is 39.6 Å². The zero-order chi connectivity index (χ0) is 35.1. The first-order valence-corrected chi connectivity index (χ1v) is 22.6. The molecule has 0 aromatic heterocycles. The van der Waals surface area contributed by atoms with Crippen LogP contribution in [0.2, 0.25) is 0 Å². The van der Waals surface area contributed by atoms with Crippen molar-refractivity contribution >= 4 is 45.0 Å². The van der Waals surface area contributed by atoms with E-state index in [9.17, 15) is 39.6 Å². The number of hydrogen-bond donors (Lipinski definition) is 0. The molecule has 47 heavy (non-hydrogen) atoms. The molecule has 0 spiro atoms. The molecule has 0 atom stereocenters. The van der Waals surface area contributed by atoms with Crippen LogP contribution in [0.15, 0.2) is 84.0 Å². The Bertz CT molecular complexity index is 1100. The monoisotopic (exact) mass is 756 g/mol. The van der Waals surface area contributed by atoms with Gasteiger partial charge in [-0.1, -0.05) is 78.1 Å². The van der Waals surface area contributed by atoms with E-state index >= 15 is 0 Å². The summed E-state index contributed by atoms with van der Waals surface area (Å²) in [7, 11) is 0. The normalized spacial score (nSPS) is 11.0. The fourth-order valence-electron chi connectivity index (χ4n) is 4.73. The van der Waals surface area contributed by atoms with E-state index in [1.165, 1.54) is 32.8 Å². The summed E-state index contributed by atoms with van der Waals surface area (Å²) in [5.41, 5.74) is 2.69. The van der Waals surface area contributed by atoms with Crippen LogP contribution >= 0.6 is 0 Å². The fourth-order valence-corrected chi connectivity index (χ4v) is 9.47. The van der Waals surface area contributed by atoms with E-state index in [-0.39, 0.29) is 24.0 Å². The van der Waals surface area contributed by atoms with Crippen LogP contribution in [0, 0.1) is 0 Å². The summed E-state index contributed by atoms with van der Waals surface area (Å²) >= 11 is -0.608. The van der Waals surface area contributed by atoms with Gasteiger partial charge in [-0.3, -0.25) is 0 Å². The van der Waals surface area contributed by atoms with Gasteiger partial charge in [-0.05, 0) is 49.0 Å². The van der Waals surface area contributed by atoms with Crippen LogP contribution in [0.25, 0.3) is 0 Å². The second-order valence-electron chi connectivity index (χ2n) is 11.4. The van der Waals surface area contributed by atoms with Crippen LogP contribution in [0.1, 0.15) is 115 Å². The van der Waals surface area contributed by atoms with E-state index in [4.69, 9.17) is 0 Å². The van der Waals surface area contributed by atoms with Gasteiger partial charge in [-0.25, -0.2) is 0 Å². The van der Waals surface area contributed by atoms with E-state index in [1.54, 1.807) is 0 Å². The average molecular weight is 756 g/mol. The van der Waals surface area contributed by atoms with Crippen molar-refractivity contribution in [3.63, 3.8) is 0 Å². The molecule has 2 rings (SSSR count). The van der Waals surface area contributed by atoms with Gasteiger partial charge in [0.2, 0.25) is 0 Å². The van der Waals surface area contributed by atoms with Crippen LogP contribution in [-0.2, 0) is 28.1 Å². The first-order chi connectivity index (χ1) is 22.6. The zero-order valence-electron chi connectivity index (χ0n) is 28.2. The molecule has 8 nitrogen and oxygen atoms in total. The molecule has 0 saturated carbocycles. The molecule has 256 valence electrons. The van der Waals surface area contributed by atoms with Crippen molar-refractivity contribution in [1.82, 2.24) is 0 Å². The summed E-state index contributed by atoms with van der Waals surface area (Å²) in [5.74, 6) is -5.80. The Morgan fingerprint density at radius 1 is 0.511 bits per heavy atom. The van der Waals surface area contributed by atoms with Gasteiger partial charge in [-0.2, -0.15) is 0 Å². The summed E-state index contributed by atoms with van der Waals surface area (Å²) in [4.78, 5) is 41.5. The summed E-state index contributed by atoms with van der Waals surface area (Å²) < 4.78 is 2.77. The van der Waals surface area contributed by atoms with Crippen LogP contribution in [0.3, 0.4) is 0 Å². The number of aliphatic carboxylic acids is 4. The molecular formula is C38H52O8Sn. The van der Waals surface area contributed by atoms with E-state index in [0.29, 0.717) is 25.0 Å². The molecule has 2 aromatic carbocycles. The third-order valence-corrected chi connectivity index (χ3v) is 12.6. The summed E-state index contributed by atoms with van der Waals surface area (Å²) in [5, 5.41) is 41.5. The molecule has 0 N–H and O–H groups in total. The number of unbranched alkanes of at least 4 members (excludes halogenated alkanes) is 10. The van der Waals surface area contributed by atoms with Crippen LogP contribution in [-0.4, -0.2) is 45.0 Å². The Hall–Kier alpha value is -3.40. The van der Waals surface area contributed by atoms with Crippen molar-refractivity contribution in [1.29, 1.82) is 0 Å². The first-order valence-electron chi connectivity index (χ1n) is 16.9. The van der Waals surface area contributed by atoms with E-state index in [0.717, 1.165) is 51.4 Å². The molecule has 9 heteroatoms. The van der Waals surface area contributed by atoms with E-state index in [1.807, 2.05) is 0 Å². The summed E-state index contributed by atoms with van der Waals surface area (Å²) in [6, 6.07) is 21.8. The predicted molar refractivity (Wildman–Crippen MR) is 181 cm³/mol.